The molecule has 1 amide bonds. The highest BCUT2D eigenvalue weighted by Gasteiger charge is 2.23. The summed E-state index contributed by atoms with van der Waals surface area (Å²) >= 11 is 0. The number of carbonyl (C=O) groups is 1. The van der Waals surface area contributed by atoms with Gasteiger partial charge < -0.3 is 20.1 Å². The van der Waals surface area contributed by atoms with Gasteiger partial charge in [-0.25, -0.2) is 0 Å². The molecule has 0 radical (unpaired) electrons. The molecule has 27 heavy (non-hydrogen) atoms. The maximum absolute atomic E-state index is 12.6. The van der Waals surface area contributed by atoms with Crippen LogP contribution in [-0.4, -0.2) is 32.2 Å². The summed E-state index contributed by atoms with van der Waals surface area (Å²) in [5.41, 5.74) is -0.0190. The molecule has 0 saturated carbocycles. The van der Waals surface area contributed by atoms with Gasteiger partial charge in [-0.15, -0.1) is 12.4 Å². The minimum absolute atomic E-state index is 0. The Bertz CT molecular complexity index is 602. The molecule has 0 aliphatic carbocycles. The van der Waals surface area contributed by atoms with Gasteiger partial charge in [-0.2, -0.15) is 17.6 Å². The molecular formula is C17H23ClF4N2O3. The second-order valence-electron chi connectivity index (χ2n) is 6.23. The molecule has 2 rings (SSSR count). The highest BCUT2D eigenvalue weighted by molar-refractivity contribution is 5.92. The highest BCUT2D eigenvalue weighted by Crippen LogP contribution is 2.32. The van der Waals surface area contributed by atoms with E-state index < -0.39 is 19.0 Å². The first-order chi connectivity index (χ1) is 12.3. The molecule has 1 atom stereocenters. The van der Waals surface area contributed by atoms with Crippen LogP contribution in [0.1, 0.15) is 26.2 Å². The molecule has 1 heterocycles. The standard InChI is InChI=1S/C17H22F4N2O3.ClH/c1-10(11-4-6-22-7-5-11)8-15(24)23-13-3-2-12(25-16(18)19)9-14(13)26-17(20)21;/h2-3,9-11,16-17,22H,4-8H2,1H3,(H,23,24);1H. The number of nitrogens with one attached hydrogen (secondary N) is 2. The van der Waals surface area contributed by atoms with Crippen molar-refractivity contribution in [3.8, 4) is 11.5 Å². The summed E-state index contributed by atoms with van der Waals surface area (Å²) in [6.07, 6.45) is 2.19. The third kappa shape index (κ3) is 7.80. The average Bonchev–Trinajstić information content (AvgIpc) is 2.57. The number of halogens is 5. The van der Waals surface area contributed by atoms with Crippen molar-refractivity contribution in [1.29, 1.82) is 0 Å². The summed E-state index contributed by atoms with van der Waals surface area (Å²) < 4.78 is 58.1. The maximum atomic E-state index is 12.6. The van der Waals surface area contributed by atoms with Gasteiger partial charge in [-0.1, -0.05) is 6.92 Å². The lowest BCUT2D eigenvalue weighted by Gasteiger charge is -2.28. The average molecular weight is 415 g/mol. The Morgan fingerprint density at radius 2 is 1.81 bits per heavy atom. The Labute approximate surface area is 161 Å². The molecule has 5 nitrogen and oxygen atoms in total. The van der Waals surface area contributed by atoms with Crippen LogP contribution in [0.15, 0.2) is 18.2 Å². The zero-order valence-corrected chi connectivity index (χ0v) is 15.5. The van der Waals surface area contributed by atoms with E-state index in [1.54, 1.807) is 0 Å². The molecule has 2 N–H and O–H groups in total. The van der Waals surface area contributed by atoms with Gasteiger partial charge in [0.25, 0.3) is 0 Å². The number of anilines is 1. The molecule has 1 aromatic rings. The zero-order valence-electron chi connectivity index (χ0n) is 14.7. The second-order valence-corrected chi connectivity index (χ2v) is 6.23. The van der Waals surface area contributed by atoms with Crippen LogP contribution in [-0.2, 0) is 4.79 Å². The lowest BCUT2D eigenvalue weighted by atomic mass is 9.84. The predicted octanol–water partition coefficient (Wildman–Crippen LogP) is 4.28. The monoisotopic (exact) mass is 414 g/mol. The first-order valence-corrected chi connectivity index (χ1v) is 8.39. The Morgan fingerprint density at radius 3 is 2.41 bits per heavy atom. The Kier molecular flexibility index (Phi) is 9.65. The van der Waals surface area contributed by atoms with Crippen LogP contribution in [0.4, 0.5) is 23.2 Å². The van der Waals surface area contributed by atoms with Crippen molar-refractivity contribution in [2.45, 2.75) is 39.4 Å². The number of amides is 1. The van der Waals surface area contributed by atoms with E-state index in [0.29, 0.717) is 5.92 Å². The van der Waals surface area contributed by atoms with E-state index in [9.17, 15) is 22.4 Å². The number of carbonyl (C=O) groups excluding carboxylic acids is 1. The molecule has 154 valence electrons. The normalized spacial score (nSPS) is 16.0. The molecule has 1 unspecified atom stereocenters. The number of alkyl halides is 4. The lowest BCUT2D eigenvalue weighted by molar-refractivity contribution is -0.117. The molecule has 10 heteroatoms. The van der Waals surface area contributed by atoms with E-state index in [0.717, 1.165) is 38.1 Å². The number of benzene rings is 1. The van der Waals surface area contributed by atoms with E-state index in [4.69, 9.17) is 0 Å². The van der Waals surface area contributed by atoms with Gasteiger partial charge in [0.15, 0.2) is 5.75 Å². The molecule has 1 saturated heterocycles. The fraction of sp³-hybridized carbons (Fsp3) is 0.588. The quantitative estimate of drug-likeness (QED) is 0.623. The summed E-state index contributed by atoms with van der Waals surface area (Å²) in [6.45, 7) is -2.46. The van der Waals surface area contributed by atoms with Crippen molar-refractivity contribution in [2.24, 2.45) is 11.8 Å². The van der Waals surface area contributed by atoms with Crippen LogP contribution in [0.2, 0.25) is 0 Å². The van der Waals surface area contributed by atoms with Crippen molar-refractivity contribution in [3.63, 3.8) is 0 Å². The molecule has 0 bridgehead atoms. The molecule has 1 aromatic carbocycles. The fourth-order valence-electron chi connectivity index (χ4n) is 3.05. The summed E-state index contributed by atoms with van der Waals surface area (Å²) in [5, 5.41) is 5.76. The van der Waals surface area contributed by atoms with Gasteiger partial charge in [-0.3, -0.25) is 4.79 Å². The number of rotatable bonds is 8. The highest BCUT2D eigenvalue weighted by atomic mass is 35.5. The van der Waals surface area contributed by atoms with Gasteiger partial charge >= 0.3 is 13.2 Å². The van der Waals surface area contributed by atoms with Crippen LogP contribution < -0.4 is 20.1 Å². The van der Waals surface area contributed by atoms with E-state index in [2.05, 4.69) is 20.1 Å². The molecule has 0 spiro atoms. The summed E-state index contributed by atoms with van der Waals surface area (Å²) in [6, 6.07) is 3.24. The van der Waals surface area contributed by atoms with E-state index in [1.807, 2.05) is 6.92 Å². The number of piperidine rings is 1. The Morgan fingerprint density at radius 1 is 1.19 bits per heavy atom. The molecular weight excluding hydrogens is 392 g/mol. The molecule has 0 aromatic heterocycles. The van der Waals surface area contributed by atoms with E-state index in [-0.39, 0.29) is 42.1 Å². The van der Waals surface area contributed by atoms with Crippen molar-refractivity contribution in [2.75, 3.05) is 18.4 Å². The van der Waals surface area contributed by atoms with Gasteiger partial charge in [0, 0.05) is 12.5 Å². The van der Waals surface area contributed by atoms with Gasteiger partial charge in [0.2, 0.25) is 5.91 Å². The predicted molar refractivity (Wildman–Crippen MR) is 95.0 cm³/mol. The van der Waals surface area contributed by atoms with Crippen LogP contribution in [0.5, 0.6) is 11.5 Å². The third-order valence-corrected chi connectivity index (χ3v) is 4.36. The van der Waals surface area contributed by atoms with Gasteiger partial charge in [-0.05, 0) is 49.9 Å². The van der Waals surface area contributed by atoms with Crippen LogP contribution >= 0.6 is 12.4 Å². The summed E-state index contributed by atoms with van der Waals surface area (Å²) in [4.78, 5) is 12.2. The lowest BCUT2D eigenvalue weighted by Crippen LogP contribution is -2.32. The third-order valence-electron chi connectivity index (χ3n) is 4.36. The maximum Gasteiger partial charge on any atom is 0.387 e. The minimum atomic E-state index is -3.17. The van der Waals surface area contributed by atoms with Crippen molar-refractivity contribution in [1.82, 2.24) is 5.32 Å². The van der Waals surface area contributed by atoms with Crippen molar-refractivity contribution in [3.05, 3.63) is 18.2 Å². The number of ether oxygens (including phenoxy) is 2. The number of hydrogen-bond donors (Lipinski definition) is 2. The molecule has 1 aliphatic rings. The second kappa shape index (κ2) is 11.2. The minimum Gasteiger partial charge on any atom is -0.435 e. The fourth-order valence-corrected chi connectivity index (χ4v) is 3.05. The van der Waals surface area contributed by atoms with Gasteiger partial charge in [0.05, 0.1) is 5.69 Å². The van der Waals surface area contributed by atoms with Crippen LogP contribution in [0, 0.1) is 11.8 Å². The van der Waals surface area contributed by atoms with Gasteiger partial charge in [0.1, 0.15) is 5.75 Å². The first-order valence-electron chi connectivity index (χ1n) is 8.39. The smallest absolute Gasteiger partial charge is 0.387 e. The van der Waals surface area contributed by atoms with E-state index >= 15 is 0 Å². The summed E-state index contributed by atoms with van der Waals surface area (Å²) in [7, 11) is 0. The van der Waals surface area contributed by atoms with E-state index in [1.165, 1.54) is 6.07 Å². The zero-order chi connectivity index (χ0) is 19.1. The first kappa shape index (κ1) is 23.3. The summed E-state index contributed by atoms with van der Waals surface area (Å²) in [5.74, 6) is -0.561. The number of hydrogen-bond acceptors (Lipinski definition) is 4. The largest absolute Gasteiger partial charge is 0.435 e. The Balaban J connectivity index is 0.00000364. The van der Waals surface area contributed by atoms with Crippen molar-refractivity contribution < 1.29 is 31.8 Å². The molecule has 1 aliphatic heterocycles. The Hall–Kier alpha value is -1.74. The molecule has 1 fully saturated rings. The SMILES string of the molecule is CC(CC(=O)Nc1ccc(OC(F)F)cc1OC(F)F)C1CCNCC1.Cl. The topological polar surface area (TPSA) is 59.6 Å². The van der Waals surface area contributed by atoms with Crippen LogP contribution in [0.25, 0.3) is 0 Å². The van der Waals surface area contributed by atoms with Crippen LogP contribution in [0.3, 0.4) is 0 Å². The van der Waals surface area contributed by atoms with Crippen molar-refractivity contribution >= 4 is 24.0 Å².